The van der Waals surface area contributed by atoms with Crippen molar-refractivity contribution in [3.8, 4) is 11.5 Å². The maximum Gasteiger partial charge on any atom is 0.128 e. The summed E-state index contributed by atoms with van der Waals surface area (Å²) in [4.78, 5) is 0. The van der Waals surface area contributed by atoms with Crippen LogP contribution < -0.4 is 10.1 Å². The van der Waals surface area contributed by atoms with Crippen LogP contribution in [0.2, 0.25) is 0 Å². The standard InChI is InChI=1S/C17H20FNO3/c1-2-22-15-4-6-17(21)13(8-15)10-19-9-12-3-5-16(18)14(7-12)11-20/h3-8,19-21H,2,9-11H2,1H3. The normalized spacial score (nSPS) is 10.7. The van der Waals surface area contributed by atoms with E-state index in [4.69, 9.17) is 9.84 Å². The molecule has 0 radical (unpaired) electrons. The maximum atomic E-state index is 13.3. The topological polar surface area (TPSA) is 61.7 Å². The molecule has 0 bridgehead atoms. The highest BCUT2D eigenvalue weighted by Crippen LogP contribution is 2.23. The number of rotatable bonds is 7. The molecule has 0 heterocycles. The van der Waals surface area contributed by atoms with Crippen LogP contribution in [0.3, 0.4) is 0 Å². The summed E-state index contributed by atoms with van der Waals surface area (Å²) in [6, 6.07) is 9.74. The van der Waals surface area contributed by atoms with Gasteiger partial charge >= 0.3 is 0 Å². The van der Waals surface area contributed by atoms with Gasteiger partial charge in [-0.05, 0) is 42.8 Å². The molecule has 5 heteroatoms. The molecule has 2 aromatic rings. The van der Waals surface area contributed by atoms with E-state index in [2.05, 4.69) is 5.32 Å². The number of hydrogen-bond donors (Lipinski definition) is 3. The fourth-order valence-electron chi connectivity index (χ4n) is 2.16. The van der Waals surface area contributed by atoms with Crippen LogP contribution >= 0.6 is 0 Å². The summed E-state index contributed by atoms with van der Waals surface area (Å²) in [5.41, 5.74) is 1.88. The Morgan fingerprint density at radius 2 is 1.91 bits per heavy atom. The van der Waals surface area contributed by atoms with Crippen molar-refractivity contribution < 1.29 is 19.3 Å². The predicted molar refractivity (Wildman–Crippen MR) is 82.1 cm³/mol. The first-order valence-corrected chi connectivity index (χ1v) is 7.17. The number of benzene rings is 2. The molecular formula is C17H20FNO3. The van der Waals surface area contributed by atoms with Crippen LogP contribution in [0.15, 0.2) is 36.4 Å². The molecule has 0 aliphatic heterocycles. The molecule has 0 unspecified atom stereocenters. The van der Waals surface area contributed by atoms with Crippen LogP contribution in [0.1, 0.15) is 23.6 Å². The Bertz CT molecular complexity index is 631. The lowest BCUT2D eigenvalue weighted by atomic mass is 10.1. The van der Waals surface area contributed by atoms with Crippen molar-refractivity contribution in [3.05, 3.63) is 58.9 Å². The van der Waals surface area contributed by atoms with E-state index in [1.807, 2.05) is 6.92 Å². The summed E-state index contributed by atoms with van der Waals surface area (Å²) < 4.78 is 18.7. The van der Waals surface area contributed by atoms with Crippen LogP contribution in [0.25, 0.3) is 0 Å². The van der Waals surface area contributed by atoms with Crippen molar-refractivity contribution in [1.29, 1.82) is 0 Å². The number of aliphatic hydroxyl groups is 1. The molecule has 0 aromatic heterocycles. The fourth-order valence-corrected chi connectivity index (χ4v) is 2.16. The largest absolute Gasteiger partial charge is 0.508 e. The van der Waals surface area contributed by atoms with E-state index in [-0.39, 0.29) is 17.9 Å². The Labute approximate surface area is 129 Å². The second kappa shape index (κ2) is 7.77. The average molecular weight is 305 g/mol. The third-order valence-corrected chi connectivity index (χ3v) is 3.29. The average Bonchev–Trinajstić information content (AvgIpc) is 2.52. The maximum absolute atomic E-state index is 13.3. The van der Waals surface area contributed by atoms with E-state index in [0.29, 0.717) is 25.4 Å². The molecule has 0 aliphatic rings. The number of halogens is 1. The molecule has 0 amide bonds. The molecule has 0 atom stereocenters. The van der Waals surface area contributed by atoms with Crippen molar-refractivity contribution >= 4 is 0 Å². The number of phenols is 1. The smallest absolute Gasteiger partial charge is 0.128 e. The fraction of sp³-hybridized carbons (Fsp3) is 0.294. The number of phenolic OH excluding ortho intramolecular Hbond substituents is 1. The van der Waals surface area contributed by atoms with Crippen LogP contribution in [0.4, 0.5) is 4.39 Å². The Morgan fingerprint density at radius 3 is 2.64 bits per heavy atom. The van der Waals surface area contributed by atoms with E-state index in [1.54, 1.807) is 30.3 Å². The summed E-state index contributed by atoms with van der Waals surface area (Å²) >= 11 is 0. The molecule has 118 valence electrons. The summed E-state index contributed by atoms with van der Waals surface area (Å²) in [6.07, 6.45) is 0. The van der Waals surface area contributed by atoms with Crippen LogP contribution in [0, 0.1) is 5.82 Å². The third-order valence-electron chi connectivity index (χ3n) is 3.29. The van der Waals surface area contributed by atoms with Gasteiger partial charge in [-0.25, -0.2) is 4.39 Å². The molecule has 22 heavy (non-hydrogen) atoms. The molecule has 0 spiro atoms. The zero-order chi connectivity index (χ0) is 15.9. The zero-order valence-electron chi connectivity index (χ0n) is 12.5. The van der Waals surface area contributed by atoms with E-state index >= 15 is 0 Å². The van der Waals surface area contributed by atoms with Gasteiger partial charge in [-0.1, -0.05) is 6.07 Å². The number of nitrogens with one attached hydrogen (secondary N) is 1. The van der Waals surface area contributed by atoms with Gasteiger partial charge in [0.25, 0.3) is 0 Å². The van der Waals surface area contributed by atoms with Gasteiger partial charge in [-0.3, -0.25) is 0 Å². The van der Waals surface area contributed by atoms with Crippen molar-refractivity contribution in [2.24, 2.45) is 0 Å². The van der Waals surface area contributed by atoms with Crippen LogP contribution in [-0.4, -0.2) is 16.8 Å². The van der Waals surface area contributed by atoms with Gasteiger partial charge in [0.05, 0.1) is 13.2 Å². The quantitative estimate of drug-likeness (QED) is 0.736. The Kier molecular flexibility index (Phi) is 5.75. The van der Waals surface area contributed by atoms with Crippen LogP contribution in [-0.2, 0) is 19.7 Å². The highest BCUT2D eigenvalue weighted by molar-refractivity contribution is 5.39. The number of ether oxygens (including phenoxy) is 1. The lowest BCUT2D eigenvalue weighted by Crippen LogP contribution is -2.13. The summed E-state index contributed by atoms with van der Waals surface area (Å²) in [5.74, 6) is 0.501. The first kappa shape index (κ1) is 16.3. The second-order valence-electron chi connectivity index (χ2n) is 4.91. The van der Waals surface area contributed by atoms with E-state index in [1.165, 1.54) is 6.07 Å². The Hall–Kier alpha value is -2.11. The third kappa shape index (κ3) is 4.19. The minimum atomic E-state index is -0.409. The molecular weight excluding hydrogens is 285 g/mol. The molecule has 0 aliphatic carbocycles. The lowest BCUT2D eigenvalue weighted by Gasteiger charge is -2.10. The number of aliphatic hydroxyl groups excluding tert-OH is 1. The molecule has 4 nitrogen and oxygen atoms in total. The number of aromatic hydroxyl groups is 1. The first-order chi connectivity index (χ1) is 10.6. The summed E-state index contributed by atoms with van der Waals surface area (Å²) in [5, 5.41) is 22.1. The van der Waals surface area contributed by atoms with E-state index in [9.17, 15) is 9.50 Å². The zero-order valence-corrected chi connectivity index (χ0v) is 12.5. The monoisotopic (exact) mass is 305 g/mol. The molecule has 3 N–H and O–H groups in total. The summed E-state index contributed by atoms with van der Waals surface area (Å²) in [6.45, 7) is 3.11. The highest BCUT2D eigenvalue weighted by Gasteiger charge is 2.05. The second-order valence-corrected chi connectivity index (χ2v) is 4.91. The van der Waals surface area contributed by atoms with Gasteiger partial charge in [0.15, 0.2) is 0 Å². The van der Waals surface area contributed by atoms with Crippen molar-refractivity contribution in [1.82, 2.24) is 5.32 Å². The molecule has 0 saturated carbocycles. The number of hydrogen-bond acceptors (Lipinski definition) is 4. The van der Waals surface area contributed by atoms with Gasteiger partial charge < -0.3 is 20.3 Å². The first-order valence-electron chi connectivity index (χ1n) is 7.17. The van der Waals surface area contributed by atoms with Gasteiger partial charge in [-0.2, -0.15) is 0 Å². The molecule has 0 saturated heterocycles. The Morgan fingerprint density at radius 1 is 1.09 bits per heavy atom. The van der Waals surface area contributed by atoms with Gasteiger partial charge in [0, 0.05) is 24.2 Å². The molecule has 2 rings (SSSR count). The van der Waals surface area contributed by atoms with Gasteiger partial charge in [0.1, 0.15) is 17.3 Å². The summed E-state index contributed by atoms with van der Waals surface area (Å²) in [7, 11) is 0. The Balaban J connectivity index is 1.97. The van der Waals surface area contributed by atoms with Crippen molar-refractivity contribution in [2.45, 2.75) is 26.6 Å². The van der Waals surface area contributed by atoms with Crippen LogP contribution in [0.5, 0.6) is 11.5 Å². The predicted octanol–water partition coefficient (Wildman–Crippen LogP) is 2.71. The molecule has 0 fully saturated rings. The molecule has 2 aromatic carbocycles. The van der Waals surface area contributed by atoms with E-state index < -0.39 is 5.82 Å². The van der Waals surface area contributed by atoms with Crippen molar-refractivity contribution in [3.63, 3.8) is 0 Å². The minimum absolute atomic E-state index is 0.200. The van der Waals surface area contributed by atoms with Crippen molar-refractivity contribution in [2.75, 3.05) is 6.61 Å². The SMILES string of the molecule is CCOc1ccc(O)c(CNCc2ccc(F)c(CO)c2)c1. The highest BCUT2D eigenvalue weighted by atomic mass is 19.1. The van der Waals surface area contributed by atoms with Gasteiger partial charge in [0.2, 0.25) is 0 Å². The minimum Gasteiger partial charge on any atom is -0.508 e. The van der Waals surface area contributed by atoms with E-state index in [0.717, 1.165) is 11.1 Å². The van der Waals surface area contributed by atoms with Gasteiger partial charge in [-0.15, -0.1) is 0 Å². The lowest BCUT2D eigenvalue weighted by molar-refractivity contribution is 0.275.